The predicted octanol–water partition coefficient (Wildman–Crippen LogP) is 4.38. The van der Waals surface area contributed by atoms with Crippen LogP contribution < -0.4 is 9.47 Å². The van der Waals surface area contributed by atoms with E-state index in [1.807, 2.05) is 0 Å². The Kier molecular flexibility index (Phi) is 8.99. The maximum Gasteiger partial charge on any atom is 0.341 e. The van der Waals surface area contributed by atoms with Crippen molar-refractivity contribution in [3.63, 3.8) is 0 Å². The van der Waals surface area contributed by atoms with Crippen LogP contribution in [0.1, 0.15) is 11.1 Å². The van der Waals surface area contributed by atoms with Gasteiger partial charge >= 0.3 is 11.9 Å². The van der Waals surface area contributed by atoms with Gasteiger partial charge in [0.2, 0.25) is 11.8 Å². The standard InChI is InChI=1S/C26H24N2O8/c1-31-14-19(25(29)33-3)17-9-5-7-11-21(17)35-23-13-24(28-16-27-23)36-22-12-8-6-10-18(22)20(15-32-2)26(30)34-4/h5-16H,1-4H3/b19-14+,20-15+. The lowest BCUT2D eigenvalue weighted by atomic mass is 10.1. The third kappa shape index (κ3) is 6.17. The highest BCUT2D eigenvalue weighted by Crippen LogP contribution is 2.33. The molecule has 2 aromatic carbocycles. The zero-order chi connectivity index (χ0) is 25.9. The lowest BCUT2D eigenvalue weighted by molar-refractivity contribution is -0.134. The van der Waals surface area contributed by atoms with Crippen molar-refractivity contribution in [2.45, 2.75) is 0 Å². The summed E-state index contributed by atoms with van der Waals surface area (Å²) in [5.74, 6) is -0.248. The summed E-state index contributed by atoms with van der Waals surface area (Å²) in [6.45, 7) is 0. The van der Waals surface area contributed by atoms with Crippen molar-refractivity contribution in [2.75, 3.05) is 28.4 Å². The molecule has 0 amide bonds. The first-order chi connectivity index (χ1) is 17.5. The Hall–Kier alpha value is -4.86. The van der Waals surface area contributed by atoms with E-state index < -0.39 is 11.9 Å². The van der Waals surface area contributed by atoms with Gasteiger partial charge in [0.25, 0.3) is 0 Å². The number of esters is 2. The van der Waals surface area contributed by atoms with Crippen molar-refractivity contribution >= 4 is 23.1 Å². The molecule has 0 unspecified atom stereocenters. The maximum atomic E-state index is 12.2. The molecule has 0 spiro atoms. The van der Waals surface area contributed by atoms with Gasteiger partial charge in [0, 0.05) is 11.1 Å². The molecule has 0 aliphatic carbocycles. The monoisotopic (exact) mass is 492 g/mol. The smallest absolute Gasteiger partial charge is 0.341 e. The number of benzene rings is 2. The summed E-state index contributed by atoms with van der Waals surface area (Å²) in [7, 11) is 5.39. The molecule has 0 aliphatic heterocycles. The van der Waals surface area contributed by atoms with Gasteiger partial charge in [-0.3, -0.25) is 0 Å². The van der Waals surface area contributed by atoms with E-state index >= 15 is 0 Å². The number of nitrogens with zero attached hydrogens (tertiary/aromatic N) is 2. The highest BCUT2D eigenvalue weighted by molar-refractivity contribution is 6.17. The van der Waals surface area contributed by atoms with Crippen LogP contribution in [0.2, 0.25) is 0 Å². The van der Waals surface area contributed by atoms with Gasteiger partial charge < -0.3 is 28.4 Å². The van der Waals surface area contributed by atoms with Gasteiger partial charge in [0.1, 0.15) is 29.0 Å². The van der Waals surface area contributed by atoms with E-state index in [-0.39, 0.29) is 22.9 Å². The second-order valence-corrected chi connectivity index (χ2v) is 6.91. The molecule has 0 saturated heterocycles. The molecule has 3 rings (SSSR count). The Labute approximate surface area is 207 Å². The van der Waals surface area contributed by atoms with Crippen LogP contribution in [0.15, 0.2) is 73.4 Å². The minimum Gasteiger partial charge on any atom is -0.503 e. The third-order valence-corrected chi connectivity index (χ3v) is 4.68. The van der Waals surface area contributed by atoms with Gasteiger partial charge in [-0.25, -0.2) is 19.6 Å². The minimum atomic E-state index is -0.596. The lowest BCUT2D eigenvalue weighted by Gasteiger charge is -2.14. The summed E-state index contributed by atoms with van der Waals surface area (Å²) in [5.41, 5.74) is 1.20. The number of para-hydroxylation sites is 2. The molecule has 186 valence electrons. The molecule has 0 saturated carbocycles. The van der Waals surface area contributed by atoms with E-state index in [4.69, 9.17) is 28.4 Å². The summed E-state index contributed by atoms with van der Waals surface area (Å²) in [6, 6.07) is 15.1. The van der Waals surface area contributed by atoms with Crippen LogP contribution in [-0.2, 0) is 28.5 Å². The van der Waals surface area contributed by atoms with Gasteiger partial charge in [-0.2, -0.15) is 0 Å². The SMILES string of the molecule is CO/C=C(/C(=O)OC)c1ccccc1Oc1cc(Oc2ccccc2/C(=C\OC)C(=O)OC)ncn1. The topological polar surface area (TPSA) is 115 Å². The van der Waals surface area contributed by atoms with Crippen molar-refractivity contribution in [3.05, 3.63) is 84.6 Å². The first kappa shape index (κ1) is 25.8. The molecule has 10 nitrogen and oxygen atoms in total. The van der Waals surface area contributed by atoms with Crippen molar-refractivity contribution < 1.29 is 38.0 Å². The van der Waals surface area contributed by atoms with Gasteiger partial charge in [0.15, 0.2) is 0 Å². The number of carbonyl (C=O) groups is 2. The Morgan fingerprint density at radius 3 is 1.47 bits per heavy atom. The van der Waals surface area contributed by atoms with Crippen LogP contribution in [0.25, 0.3) is 11.1 Å². The summed E-state index contributed by atoms with van der Waals surface area (Å²) in [6.07, 6.45) is 3.80. The minimum absolute atomic E-state index is 0.146. The number of hydrogen-bond donors (Lipinski definition) is 0. The first-order valence-corrected chi connectivity index (χ1v) is 10.5. The Morgan fingerprint density at radius 2 is 1.08 bits per heavy atom. The first-order valence-electron chi connectivity index (χ1n) is 10.5. The summed E-state index contributed by atoms with van der Waals surface area (Å²) < 4.78 is 31.6. The second kappa shape index (κ2) is 12.6. The molecular weight excluding hydrogens is 468 g/mol. The maximum absolute atomic E-state index is 12.2. The molecule has 0 N–H and O–H groups in total. The fraction of sp³-hybridized carbons (Fsp3) is 0.154. The van der Waals surface area contributed by atoms with Crippen molar-refractivity contribution in [1.29, 1.82) is 0 Å². The van der Waals surface area contributed by atoms with Crippen LogP contribution in [-0.4, -0.2) is 50.3 Å². The zero-order valence-electron chi connectivity index (χ0n) is 20.1. The molecule has 1 heterocycles. The van der Waals surface area contributed by atoms with E-state index in [9.17, 15) is 9.59 Å². The summed E-state index contributed by atoms with van der Waals surface area (Å²) >= 11 is 0. The van der Waals surface area contributed by atoms with Crippen molar-refractivity contribution in [2.24, 2.45) is 0 Å². The molecule has 0 aliphatic rings. The van der Waals surface area contributed by atoms with Crippen molar-refractivity contribution in [3.8, 4) is 23.3 Å². The fourth-order valence-electron chi connectivity index (χ4n) is 3.11. The molecule has 10 heteroatoms. The average Bonchev–Trinajstić information content (AvgIpc) is 2.91. The molecule has 0 radical (unpaired) electrons. The summed E-state index contributed by atoms with van der Waals surface area (Å²) in [4.78, 5) is 32.8. The largest absolute Gasteiger partial charge is 0.503 e. The second-order valence-electron chi connectivity index (χ2n) is 6.91. The Bertz CT molecular complexity index is 1190. The quantitative estimate of drug-likeness (QED) is 0.229. The van der Waals surface area contributed by atoms with E-state index in [1.165, 1.54) is 53.4 Å². The van der Waals surface area contributed by atoms with E-state index in [1.54, 1.807) is 48.5 Å². The highest BCUT2D eigenvalue weighted by atomic mass is 16.5. The number of rotatable bonds is 10. The van der Waals surface area contributed by atoms with Crippen LogP contribution in [0.4, 0.5) is 0 Å². The van der Waals surface area contributed by atoms with Crippen LogP contribution in [0, 0.1) is 0 Å². The van der Waals surface area contributed by atoms with Crippen LogP contribution in [0.3, 0.4) is 0 Å². The van der Waals surface area contributed by atoms with Gasteiger partial charge in [0.05, 0.1) is 47.0 Å². The predicted molar refractivity (Wildman–Crippen MR) is 129 cm³/mol. The number of hydrogen-bond acceptors (Lipinski definition) is 10. The number of methoxy groups -OCH3 is 4. The number of aromatic nitrogens is 2. The summed E-state index contributed by atoms with van der Waals surface area (Å²) in [5, 5.41) is 0. The molecule has 0 bridgehead atoms. The third-order valence-electron chi connectivity index (χ3n) is 4.68. The zero-order valence-corrected chi connectivity index (χ0v) is 20.1. The molecule has 0 fully saturated rings. The fourth-order valence-corrected chi connectivity index (χ4v) is 3.11. The highest BCUT2D eigenvalue weighted by Gasteiger charge is 2.20. The lowest BCUT2D eigenvalue weighted by Crippen LogP contribution is -2.06. The van der Waals surface area contributed by atoms with E-state index in [0.717, 1.165) is 0 Å². The molecule has 3 aromatic rings. The Balaban J connectivity index is 1.93. The van der Waals surface area contributed by atoms with Gasteiger partial charge in [-0.1, -0.05) is 36.4 Å². The van der Waals surface area contributed by atoms with E-state index in [0.29, 0.717) is 22.6 Å². The van der Waals surface area contributed by atoms with Crippen molar-refractivity contribution in [1.82, 2.24) is 9.97 Å². The van der Waals surface area contributed by atoms with Gasteiger partial charge in [-0.05, 0) is 12.1 Å². The molecule has 1 aromatic heterocycles. The normalized spacial score (nSPS) is 11.3. The van der Waals surface area contributed by atoms with Crippen LogP contribution in [0.5, 0.6) is 23.3 Å². The molecule has 36 heavy (non-hydrogen) atoms. The molecule has 0 atom stereocenters. The van der Waals surface area contributed by atoms with Crippen LogP contribution >= 0.6 is 0 Å². The number of carbonyl (C=O) groups excluding carboxylic acids is 2. The van der Waals surface area contributed by atoms with E-state index in [2.05, 4.69) is 9.97 Å². The Morgan fingerprint density at radius 1 is 0.667 bits per heavy atom. The number of ether oxygens (including phenoxy) is 6. The average molecular weight is 492 g/mol. The molecular formula is C26H24N2O8. The van der Waals surface area contributed by atoms with Gasteiger partial charge in [-0.15, -0.1) is 0 Å².